The van der Waals surface area contributed by atoms with E-state index in [2.05, 4.69) is 0 Å². The van der Waals surface area contributed by atoms with E-state index in [1.807, 2.05) is 0 Å². The molecular formula is C11H16N2O3. The van der Waals surface area contributed by atoms with E-state index in [0.717, 1.165) is 0 Å². The highest BCUT2D eigenvalue weighted by Crippen LogP contribution is 2.28. The van der Waals surface area contributed by atoms with E-state index < -0.39 is 6.23 Å². The summed E-state index contributed by atoms with van der Waals surface area (Å²) in [5, 5.41) is 9.55. The van der Waals surface area contributed by atoms with Gasteiger partial charge in [-0.25, -0.2) is 0 Å². The third kappa shape index (κ3) is 2.79. The molecule has 0 aliphatic rings. The summed E-state index contributed by atoms with van der Waals surface area (Å²) in [5.74, 6) is 0.154. The number of nitrogens with two attached hydrogens (primary N) is 1. The summed E-state index contributed by atoms with van der Waals surface area (Å²) in [6.45, 7) is 3.17. The zero-order valence-corrected chi connectivity index (χ0v) is 9.60. The van der Waals surface area contributed by atoms with Gasteiger partial charge in [-0.3, -0.25) is 4.79 Å². The average Bonchev–Trinajstić information content (AvgIpc) is 2.20. The molecule has 0 aromatic heterocycles. The molecule has 1 amide bonds. The number of rotatable bonds is 3. The maximum atomic E-state index is 11.1. The number of ether oxygens (including phenoxy) is 1. The Balaban J connectivity index is 2.77. The smallest absolute Gasteiger partial charge is 0.222 e. The first-order valence-electron chi connectivity index (χ1n) is 4.90. The number of hydrogen-bond donors (Lipinski definition) is 2. The van der Waals surface area contributed by atoms with Crippen molar-refractivity contribution < 1.29 is 14.6 Å². The second-order valence-electron chi connectivity index (χ2n) is 3.57. The molecule has 1 atom stereocenters. The third-order valence-electron chi connectivity index (χ3n) is 2.32. The molecule has 0 fully saturated rings. The lowest BCUT2D eigenvalue weighted by molar-refractivity contribution is -0.134. The zero-order chi connectivity index (χ0) is 12.3. The Morgan fingerprint density at radius 3 is 2.69 bits per heavy atom. The number of amides is 1. The summed E-state index contributed by atoms with van der Waals surface area (Å²) in [4.78, 5) is 12.5. The van der Waals surface area contributed by atoms with Crippen LogP contribution in [0.25, 0.3) is 0 Å². The fraction of sp³-hybridized carbons (Fsp3) is 0.364. The predicted molar refractivity (Wildman–Crippen MR) is 61.1 cm³/mol. The number of aromatic hydroxyl groups is 1. The molecule has 0 radical (unpaired) electrons. The van der Waals surface area contributed by atoms with Crippen LogP contribution in [-0.2, 0) is 4.79 Å². The normalized spacial score (nSPS) is 11.9. The minimum absolute atomic E-state index is 0.0381. The van der Waals surface area contributed by atoms with Crippen LogP contribution in [-0.4, -0.2) is 29.2 Å². The van der Waals surface area contributed by atoms with E-state index in [-0.39, 0.29) is 11.7 Å². The molecule has 0 spiro atoms. The Bertz CT molecular complexity index is 393. The van der Waals surface area contributed by atoms with Crippen LogP contribution in [0.2, 0.25) is 0 Å². The SMILES string of the molecule is CC(=O)N(C)C(C)Oc1ccc(N)cc1O. The van der Waals surface area contributed by atoms with Crippen LogP contribution in [0, 0.1) is 0 Å². The molecule has 16 heavy (non-hydrogen) atoms. The van der Waals surface area contributed by atoms with Gasteiger partial charge in [0.1, 0.15) is 0 Å². The summed E-state index contributed by atoms with van der Waals surface area (Å²) in [5.41, 5.74) is 5.94. The summed E-state index contributed by atoms with van der Waals surface area (Å²) >= 11 is 0. The quantitative estimate of drug-likeness (QED) is 0.597. The fourth-order valence-corrected chi connectivity index (χ4v) is 1.15. The maximum absolute atomic E-state index is 11.1. The number of hydrogen-bond acceptors (Lipinski definition) is 4. The first kappa shape index (κ1) is 12.2. The Morgan fingerprint density at radius 1 is 1.56 bits per heavy atom. The predicted octanol–water partition coefficient (Wildman–Crippen LogP) is 1.18. The molecule has 0 saturated heterocycles. The van der Waals surface area contributed by atoms with Crippen LogP contribution in [0.1, 0.15) is 13.8 Å². The van der Waals surface area contributed by atoms with Gasteiger partial charge in [-0.15, -0.1) is 0 Å². The van der Waals surface area contributed by atoms with Gasteiger partial charge in [0.2, 0.25) is 5.91 Å². The molecule has 0 aliphatic heterocycles. The largest absolute Gasteiger partial charge is 0.504 e. The van der Waals surface area contributed by atoms with Crippen molar-refractivity contribution in [3.8, 4) is 11.5 Å². The van der Waals surface area contributed by atoms with Crippen LogP contribution in [0.5, 0.6) is 11.5 Å². The van der Waals surface area contributed by atoms with Gasteiger partial charge in [0.15, 0.2) is 17.7 Å². The van der Waals surface area contributed by atoms with E-state index in [0.29, 0.717) is 11.4 Å². The second-order valence-corrected chi connectivity index (χ2v) is 3.57. The molecule has 5 nitrogen and oxygen atoms in total. The second kappa shape index (κ2) is 4.74. The number of benzene rings is 1. The van der Waals surface area contributed by atoms with Gasteiger partial charge in [0.25, 0.3) is 0 Å². The van der Waals surface area contributed by atoms with Gasteiger partial charge >= 0.3 is 0 Å². The highest BCUT2D eigenvalue weighted by atomic mass is 16.5. The molecule has 1 aromatic rings. The van der Waals surface area contributed by atoms with Gasteiger partial charge in [-0.1, -0.05) is 0 Å². The molecule has 1 aromatic carbocycles. The van der Waals surface area contributed by atoms with Gasteiger partial charge < -0.3 is 20.5 Å². The number of anilines is 1. The van der Waals surface area contributed by atoms with Crippen LogP contribution in [0.3, 0.4) is 0 Å². The monoisotopic (exact) mass is 224 g/mol. The van der Waals surface area contributed by atoms with Crippen molar-refractivity contribution >= 4 is 11.6 Å². The molecule has 3 N–H and O–H groups in total. The minimum atomic E-state index is -0.452. The minimum Gasteiger partial charge on any atom is -0.504 e. The summed E-state index contributed by atoms with van der Waals surface area (Å²) in [6.07, 6.45) is -0.452. The van der Waals surface area contributed by atoms with E-state index in [4.69, 9.17) is 10.5 Å². The van der Waals surface area contributed by atoms with Gasteiger partial charge in [0, 0.05) is 25.7 Å². The summed E-state index contributed by atoms with van der Waals surface area (Å²) in [6, 6.07) is 4.58. The molecular weight excluding hydrogens is 208 g/mol. The van der Waals surface area contributed by atoms with Crippen LogP contribution in [0.15, 0.2) is 18.2 Å². The molecule has 1 unspecified atom stereocenters. The Morgan fingerprint density at radius 2 is 2.19 bits per heavy atom. The van der Waals surface area contributed by atoms with Crippen LogP contribution in [0.4, 0.5) is 5.69 Å². The Hall–Kier alpha value is -1.91. The first-order valence-corrected chi connectivity index (χ1v) is 4.90. The lowest BCUT2D eigenvalue weighted by Crippen LogP contribution is -2.37. The number of carbonyl (C=O) groups is 1. The topological polar surface area (TPSA) is 75.8 Å². The molecule has 88 valence electrons. The van der Waals surface area contributed by atoms with Crippen molar-refractivity contribution in [3.63, 3.8) is 0 Å². The number of phenolic OH excluding ortho intramolecular Hbond substituents is 1. The van der Waals surface area contributed by atoms with Gasteiger partial charge in [0.05, 0.1) is 0 Å². The molecule has 1 rings (SSSR count). The number of nitrogen functional groups attached to an aromatic ring is 1. The van der Waals surface area contributed by atoms with Crippen molar-refractivity contribution in [2.45, 2.75) is 20.1 Å². The van der Waals surface area contributed by atoms with Crippen LogP contribution >= 0.6 is 0 Å². The molecule has 0 bridgehead atoms. The number of phenols is 1. The van der Waals surface area contributed by atoms with Crippen molar-refractivity contribution in [1.29, 1.82) is 0 Å². The number of nitrogens with zero attached hydrogens (tertiary/aromatic N) is 1. The van der Waals surface area contributed by atoms with E-state index >= 15 is 0 Å². The van der Waals surface area contributed by atoms with E-state index in [9.17, 15) is 9.90 Å². The molecule has 0 aliphatic carbocycles. The van der Waals surface area contributed by atoms with Gasteiger partial charge in [-0.2, -0.15) is 0 Å². The fourth-order valence-electron chi connectivity index (χ4n) is 1.15. The molecule has 5 heteroatoms. The number of carbonyl (C=O) groups excluding carboxylic acids is 1. The lowest BCUT2D eigenvalue weighted by atomic mass is 10.3. The van der Waals surface area contributed by atoms with Crippen molar-refractivity contribution in [2.75, 3.05) is 12.8 Å². The Kier molecular flexibility index (Phi) is 3.60. The van der Waals surface area contributed by atoms with Crippen molar-refractivity contribution in [3.05, 3.63) is 18.2 Å². The van der Waals surface area contributed by atoms with Crippen molar-refractivity contribution in [2.24, 2.45) is 0 Å². The summed E-state index contributed by atoms with van der Waals surface area (Å²) < 4.78 is 5.42. The molecule has 0 saturated carbocycles. The third-order valence-corrected chi connectivity index (χ3v) is 2.32. The lowest BCUT2D eigenvalue weighted by Gasteiger charge is -2.24. The highest BCUT2D eigenvalue weighted by Gasteiger charge is 2.14. The Labute approximate surface area is 94.4 Å². The van der Waals surface area contributed by atoms with Crippen molar-refractivity contribution in [1.82, 2.24) is 4.90 Å². The zero-order valence-electron chi connectivity index (χ0n) is 9.60. The first-order chi connectivity index (χ1) is 7.41. The average molecular weight is 224 g/mol. The maximum Gasteiger partial charge on any atom is 0.222 e. The van der Waals surface area contributed by atoms with E-state index in [1.54, 1.807) is 26.1 Å². The summed E-state index contributed by atoms with van der Waals surface area (Å²) in [7, 11) is 1.63. The van der Waals surface area contributed by atoms with Crippen LogP contribution < -0.4 is 10.5 Å². The van der Waals surface area contributed by atoms with Gasteiger partial charge in [-0.05, 0) is 19.1 Å². The van der Waals surface area contributed by atoms with E-state index in [1.165, 1.54) is 17.9 Å². The standard InChI is InChI=1S/C11H16N2O3/c1-7(14)13(3)8(2)16-11-5-4-9(12)6-10(11)15/h4-6,8,15H,12H2,1-3H3. The molecule has 0 heterocycles. The highest BCUT2D eigenvalue weighted by molar-refractivity contribution is 5.73.